The second kappa shape index (κ2) is 5.97. The molecule has 6 aromatic rings. The first-order valence-corrected chi connectivity index (χ1v) is 9.15. The number of para-hydroxylation sites is 2. The molecule has 0 saturated heterocycles. The maximum atomic E-state index is 13.7. The first-order valence-electron chi connectivity index (χ1n) is 9.15. The van der Waals surface area contributed by atoms with Crippen molar-refractivity contribution < 1.29 is 8.81 Å². The largest absolute Gasteiger partial charge is 0.455 e. The second-order valence-corrected chi connectivity index (χ2v) is 6.79. The topological polar surface area (TPSA) is 56.7 Å². The van der Waals surface area contributed by atoms with Gasteiger partial charge >= 0.3 is 0 Å². The van der Waals surface area contributed by atoms with Crippen LogP contribution in [0.1, 0.15) is 0 Å². The van der Waals surface area contributed by atoms with Gasteiger partial charge in [0.2, 0.25) is 0 Å². The van der Waals surface area contributed by atoms with Gasteiger partial charge in [-0.15, -0.1) is 0 Å². The van der Waals surface area contributed by atoms with Gasteiger partial charge in [-0.05, 0) is 30.3 Å². The molecule has 0 radical (unpaired) electrons. The smallest absolute Gasteiger partial charge is 0.149 e. The van der Waals surface area contributed by atoms with E-state index in [4.69, 9.17) is 9.40 Å². The molecule has 0 aliphatic heterocycles. The van der Waals surface area contributed by atoms with Crippen molar-refractivity contribution in [1.29, 1.82) is 0 Å². The molecule has 0 aliphatic rings. The van der Waals surface area contributed by atoms with E-state index in [9.17, 15) is 4.39 Å². The van der Waals surface area contributed by atoms with E-state index in [1.165, 1.54) is 12.1 Å². The number of fused-ring (bicyclic) bond motifs is 4. The molecule has 5 nitrogen and oxygen atoms in total. The van der Waals surface area contributed by atoms with E-state index < -0.39 is 0 Å². The maximum Gasteiger partial charge on any atom is 0.149 e. The molecular formula is C23H13FN4O. The summed E-state index contributed by atoms with van der Waals surface area (Å²) >= 11 is 0. The minimum absolute atomic E-state index is 0.327. The normalized spacial score (nSPS) is 11.6. The lowest BCUT2D eigenvalue weighted by atomic mass is 10.1. The van der Waals surface area contributed by atoms with Gasteiger partial charge in [-0.3, -0.25) is 4.57 Å². The van der Waals surface area contributed by atoms with Crippen molar-refractivity contribution in [1.82, 2.24) is 19.7 Å². The van der Waals surface area contributed by atoms with E-state index in [1.54, 1.807) is 18.5 Å². The molecule has 6 heteroatoms. The van der Waals surface area contributed by atoms with Crippen LogP contribution in [0.4, 0.5) is 4.39 Å². The van der Waals surface area contributed by atoms with Crippen LogP contribution in [0.5, 0.6) is 0 Å². The Kier molecular flexibility index (Phi) is 3.28. The quantitative estimate of drug-likeness (QED) is 0.397. The van der Waals surface area contributed by atoms with Gasteiger partial charge in [0.25, 0.3) is 0 Å². The van der Waals surface area contributed by atoms with Crippen LogP contribution in [0.15, 0.2) is 83.5 Å². The Morgan fingerprint density at radius 2 is 1.69 bits per heavy atom. The van der Waals surface area contributed by atoms with Crippen molar-refractivity contribution in [2.75, 3.05) is 0 Å². The summed E-state index contributed by atoms with van der Waals surface area (Å²) in [7, 11) is 0. The summed E-state index contributed by atoms with van der Waals surface area (Å²) in [6.45, 7) is 0. The SMILES string of the molecule is Fc1ccc2c(c1)oc1c(-c3nc4cnncc4n3-c3ccccc3)cccc12. The number of rotatable bonds is 2. The number of hydrogen-bond donors (Lipinski definition) is 0. The number of furan rings is 1. The lowest BCUT2D eigenvalue weighted by Crippen LogP contribution is -1.97. The van der Waals surface area contributed by atoms with Crippen molar-refractivity contribution in [3.05, 3.63) is 84.9 Å². The Bertz CT molecular complexity index is 1520. The molecule has 0 N–H and O–H groups in total. The van der Waals surface area contributed by atoms with Crippen molar-refractivity contribution in [3.63, 3.8) is 0 Å². The number of aromatic nitrogens is 4. The Morgan fingerprint density at radius 3 is 2.59 bits per heavy atom. The number of hydrogen-bond acceptors (Lipinski definition) is 4. The standard InChI is InChI=1S/C23H13FN4O/c24-14-9-10-16-17-7-4-8-18(22(17)29-21(16)11-14)23-27-19-12-25-26-13-20(19)28(23)15-5-2-1-3-6-15/h1-13H. The van der Waals surface area contributed by atoms with Crippen LogP contribution in [0.25, 0.3) is 50.0 Å². The van der Waals surface area contributed by atoms with E-state index in [0.717, 1.165) is 33.1 Å². The predicted molar refractivity (Wildman–Crippen MR) is 109 cm³/mol. The highest BCUT2D eigenvalue weighted by Crippen LogP contribution is 2.37. The zero-order valence-electron chi connectivity index (χ0n) is 15.1. The van der Waals surface area contributed by atoms with Crippen molar-refractivity contribution >= 4 is 33.0 Å². The first kappa shape index (κ1) is 15.9. The minimum Gasteiger partial charge on any atom is -0.455 e. The second-order valence-electron chi connectivity index (χ2n) is 6.79. The van der Waals surface area contributed by atoms with E-state index in [0.29, 0.717) is 17.0 Å². The van der Waals surface area contributed by atoms with E-state index in [-0.39, 0.29) is 5.82 Å². The van der Waals surface area contributed by atoms with Gasteiger partial charge in [0.15, 0.2) is 0 Å². The minimum atomic E-state index is -0.327. The van der Waals surface area contributed by atoms with Crippen molar-refractivity contribution in [3.8, 4) is 17.1 Å². The molecule has 138 valence electrons. The fraction of sp³-hybridized carbons (Fsp3) is 0. The van der Waals surface area contributed by atoms with Crippen molar-refractivity contribution in [2.24, 2.45) is 0 Å². The first-order chi connectivity index (χ1) is 14.3. The molecule has 3 aromatic carbocycles. The van der Waals surface area contributed by atoms with Gasteiger partial charge in [0.1, 0.15) is 28.3 Å². The summed E-state index contributed by atoms with van der Waals surface area (Å²) in [5, 5.41) is 9.79. The molecule has 3 aromatic heterocycles. The van der Waals surface area contributed by atoms with Crippen LogP contribution in [-0.4, -0.2) is 19.7 Å². The van der Waals surface area contributed by atoms with Crippen LogP contribution in [0, 0.1) is 5.82 Å². The van der Waals surface area contributed by atoms with E-state index >= 15 is 0 Å². The lowest BCUT2D eigenvalue weighted by molar-refractivity contribution is 0.618. The van der Waals surface area contributed by atoms with Crippen LogP contribution >= 0.6 is 0 Å². The van der Waals surface area contributed by atoms with Gasteiger partial charge in [-0.2, -0.15) is 10.2 Å². The fourth-order valence-electron chi connectivity index (χ4n) is 3.81. The maximum absolute atomic E-state index is 13.7. The third-order valence-corrected chi connectivity index (χ3v) is 5.08. The van der Waals surface area contributed by atoms with Gasteiger partial charge < -0.3 is 4.42 Å². The van der Waals surface area contributed by atoms with Crippen LogP contribution in [0.3, 0.4) is 0 Å². The third kappa shape index (κ3) is 2.36. The van der Waals surface area contributed by atoms with Gasteiger partial charge in [0.05, 0.1) is 23.5 Å². The molecular weight excluding hydrogens is 367 g/mol. The summed E-state index contributed by atoms with van der Waals surface area (Å²) in [4.78, 5) is 4.82. The van der Waals surface area contributed by atoms with E-state index in [2.05, 4.69) is 10.2 Å². The molecule has 0 amide bonds. The molecule has 0 saturated carbocycles. The van der Waals surface area contributed by atoms with Gasteiger partial charge in [-0.1, -0.05) is 30.3 Å². The number of benzene rings is 3. The molecule has 0 fully saturated rings. The molecule has 0 spiro atoms. The summed E-state index contributed by atoms with van der Waals surface area (Å²) < 4.78 is 21.8. The zero-order chi connectivity index (χ0) is 19.4. The Hall–Kier alpha value is -4.06. The number of imidazole rings is 1. The van der Waals surface area contributed by atoms with Gasteiger partial charge in [-0.25, -0.2) is 9.37 Å². The Balaban J connectivity index is 1.73. The Labute approximate surface area is 164 Å². The number of halogens is 1. The van der Waals surface area contributed by atoms with Crippen molar-refractivity contribution in [2.45, 2.75) is 0 Å². The van der Waals surface area contributed by atoms with Crippen LogP contribution in [-0.2, 0) is 0 Å². The molecule has 6 rings (SSSR count). The fourth-order valence-corrected chi connectivity index (χ4v) is 3.81. The number of nitrogens with zero attached hydrogens (tertiary/aromatic N) is 4. The van der Waals surface area contributed by atoms with Crippen LogP contribution in [0.2, 0.25) is 0 Å². The molecule has 3 heterocycles. The molecule has 29 heavy (non-hydrogen) atoms. The third-order valence-electron chi connectivity index (χ3n) is 5.08. The summed E-state index contributed by atoms with van der Waals surface area (Å²) in [6, 6.07) is 20.4. The average molecular weight is 380 g/mol. The highest BCUT2D eigenvalue weighted by atomic mass is 19.1. The van der Waals surface area contributed by atoms with E-state index in [1.807, 2.05) is 53.1 Å². The predicted octanol–water partition coefficient (Wildman–Crippen LogP) is 5.52. The molecule has 0 aliphatic carbocycles. The monoisotopic (exact) mass is 380 g/mol. The summed E-state index contributed by atoms with van der Waals surface area (Å²) in [5.74, 6) is 0.387. The molecule has 0 bridgehead atoms. The average Bonchev–Trinajstić information content (AvgIpc) is 3.32. The Morgan fingerprint density at radius 1 is 0.828 bits per heavy atom. The highest BCUT2D eigenvalue weighted by molar-refractivity contribution is 6.09. The zero-order valence-corrected chi connectivity index (χ0v) is 15.1. The van der Waals surface area contributed by atoms with Crippen LogP contribution < -0.4 is 0 Å². The summed E-state index contributed by atoms with van der Waals surface area (Å²) in [6.07, 6.45) is 3.35. The lowest BCUT2D eigenvalue weighted by Gasteiger charge is -2.09. The summed E-state index contributed by atoms with van der Waals surface area (Å²) in [5.41, 5.74) is 4.54. The molecule has 0 atom stereocenters. The highest BCUT2D eigenvalue weighted by Gasteiger charge is 2.19. The molecule has 0 unspecified atom stereocenters. The van der Waals surface area contributed by atoms with Gasteiger partial charge in [0, 0.05) is 22.5 Å².